The monoisotopic (exact) mass is 259 g/mol. The molecule has 0 unspecified atom stereocenters. The Hall–Kier alpha value is -2.27. The SMILES string of the molecule is OCc1cc2c(cc1OCc1ccncc1)OCO2. The van der Waals surface area contributed by atoms with Crippen molar-refractivity contribution in [3.8, 4) is 17.2 Å². The Kier molecular flexibility index (Phi) is 3.20. The zero-order valence-electron chi connectivity index (χ0n) is 10.2. The Morgan fingerprint density at radius 1 is 1.16 bits per heavy atom. The Morgan fingerprint density at radius 2 is 1.89 bits per heavy atom. The van der Waals surface area contributed by atoms with Crippen molar-refractivity contribution in [3.05, 3.63) is 47.8 Å². The van der Waals surface area contributed by atoms with Crippen LogP contribution in [0.15, 0.2) is 36.7 Å². The Labute approximate surface area is 110 Å². The quantitative estimate of drug-likeness (QED) is 0.908. The van der Waals surface area contributed by atoms with Crippen molar-refractivity contribution in [2.24, 2.45) is 0 Å². The molecule has 5 heteroatoms. The van der Waals surface area contributed by atoms with E-state index in [1.165, 1.54) is 0 Å². The molecule has 1 aliphatic rings. The number of aliphatic hydroxyl groups excluding tert-OH is 1. The largest absolute Gasteiger partial charge is 0.488 e. The fourth-order valence-corrected chi connectivity index (χ4v) is 1.86. The van der Waals surface area contributed by atoms with Gasteiger partial charge in [-0.1, -0.05) is 0 Å². The summed E-state index contributed by atoms with van der Waals surface area (Å²) in [5.74, 6) is 1.88. The molecule has 3 rings (SSSR count). The molecule has 1 N–H and O–H groups in total. The number of pyridine rings is 1. The Bertz CT molecular complexity index is 571. The van der Waals surface area contributed by atoms with Crippen LogP contribution in [0.5, 0.6) is 17.2 Å². The van der Waals surface area contributed by atoms with Crippen LogP contribution in [0.2, 0.25) is 0 Å². The Morgan fingerprint density at radius 3 is 2.63 bits per heavy atom. The van der Waals surface area contributed by atoms with Crippen LogP contribution in [-0.4, -0.2) is 16.9 Å². The highest BCUT2D eigenvalue weighted by Crippen LogP contribution is 2.38. The van der Waals surface area contributed by atoms with Gasteiger partial charge in [-0.15, -0.1) is 0 Å². The van der Waals surface area contributed by atoms with Crippen LogP contribution in [0.25, 0.3) is 0 Å². The molecule has 5 nitrogen and oxygen atoms in total. The molecule has 1 aliphatic heterocycles. The molecule has 2 heterocycles. The van der Waals surface area contributed by atoms with Gasteiger partial charge in [0.2, 0.25) is 6.79 Å². The molecule has 1 aromatic carbocycles. The van der Waals surface area contributed by atoms with Crippen LogP contribution in [0, 0.1) is 0 Å². The number of hydrogen-bond acceptors (Lipinski definition) is 5. The number of aromatic nitrogens is 1. The fourth-order valence-electron chi connectivity index (χ4n) is 1.86. The molecule has 0 aliphatic carbocycles. The molecule has 0 spiro atoms. The summed E-state index contributed by atoms with van der Waals surface area (Å²) in [4.78, 5) is 3.95. The molecule has 0 atom stereocenters. The summed E-state index contributed by atoms with van der Waals surface area (Å²) < 4.78 is 16.3. The van der Waals surface area contributed by atoms with Gasteiger partial charge in [-0.3, -0.25) is 4.98 Å². The molecule has 0 saturated heterocycles. The Balaban J connectivity index is 1.80. The molecular formula is C14H13NO4. The fraction of sp³-hybridized carbons (Fsp3) is 0.214. The van der Waals surface area contributed by atoms with Gasteiger partial charge >= 0.3 is 0 Å². The van der Waals surface area contributed by atoms with Crippen LogP contribution < -0.4 is 14.2 Å². The minimum absolute atomic E-state index is 0.109. The first-order chi connectivity index (χ1) is 9.36. The number of rotatable bonds is 4. The van der Waals surface area contributed by atoms with Crippen LogP contribution in [-0.2, 0) is 13.2 Å². The standard InChI is InChI=1S/C14H13NO4/c16-7-11-5-13-14(19-9-18-13)6-12(11)17-8-10-1-3-15-4-2-10/h1-6,16H,7-9H2. The second-order valence-corrected chi connectivity index (χ2v) is 4.12. The molecule has 98 valence electrons. The smallest absolute Gasteiger partial charge is 0.231 e. The van der Waals surface area contributed by atoms with Crippen molar-refractivity contribution in [1.82, 2.24) is 4.98 Å². The van der Waals surface area contributed by atoms with E-state index in [1.807, 2.05) is 12.1 Å². The molecule has 0 bridgehead atoms. The van der Waals surface area contributed by atoms with E-state index in [1.54, 1.807) is 24.5 Å². The van der Waals surface area contributed by atoms with Gasteiger partial charge in [-0.2, -0.15) is 0 Å². The summed E-state index contributed by atoms with van der Waals surface area (Å²) >= 11 is 0. The minimum Gasteiger partial charge on any atom is -0.488 e. The third-order valence-electron chi connectivity index (χ3n) is 2.87. The van der Waals surface area contributed by atoms with Crippen molar-refractivity contribution in [1.29, 1.82) is 0 Å². The van der Waals surface area contributed by atoms with E-state index in [9.17, 15) is 5.11 Å². The average Bonchev–Trinajstić information content (AvgIpc) is 2.92. The lowest BCUT2D eigenvalue weighted by Gasteiger charge is -2.11. The van der Waals surface area contributed by atoms with Crippen molar-refractivity contribution in [3.63, 3.8) is 0 Å². The lowest BCUT2D eigenvalue weighted by molar-refractivity contribution is 0.173. The lowest BCUT2D eigenvalue weighted by Crippen LogP contribution is -1.99. The van der Waals surface area contributed by atoms with Gasteiger partial charge in [0.05, 0.1) is 6.61 Å². The number of benzene rings is 1. The lowest BCUT2D eigenvalue weighted by atomic mass is 10.2. The highest BCUT2D eigenvalue weighted by atomic mass is 16.7. The van der Waals surface area contributed by atoms with E-state index in [-0.39, 0.29) is 13.4 Å². The molecule has 0 amide bonds. The molecule has 0 fully saturated rings. The number of hydrogen-bond donors (Lipinski definition) is 1. The van der Waals surface area contributed by atoms with Crippen molar-refractivity contribution in [2.45, 2.75) is 13.2 Å². The number of nitrogens with zero attached hydrogens (tertiary/aromatic N) is 1. The predicted octanol–water partition coefficient (Wildman–Crippen LogP) is 1.88. The number of aliphatic hydroxyl groups is 1. The maximum absolute atomic E-state index is 9.36. The summed E-state index contributed by atoms with van der Waals surface area (Å²) in [7, 11) is 0. The van der Waals surface area contributed by atoms with E-state index >= 15 is 0 Å². The van der Waals surface area contributed by atoms with E-state index in [2.05, 4.69) is 4.98 Å². The first-order valence-electron chi connectivity index (χ1n) is 5.92. The third-order valence-corrected chi connectivity index (χ3v) is 2.87. The topological polar surface area (TPSA) is 60.8 Å². The third kappa shape index (κ3) is 2.46. The maximum atomic E-state index is 9.36. The van der Waals surface area contributed by atoms with E-state index in [4.69, 9.17) is 14.2 Å². The van der Waals surface area contributed by atoms with Gasteiger partial charge in [-0.25, -0.2) is 0 Å². The van der Waals surface area contributed by atoms with E-state index in [0.717, 1.165) is 5.56 Å². The normalized spacial score (nSPS) is 12.5. The first-order valence-corrected chi connectivity index (χ1v) is 5.92. The van der Waals surface area contributed by atoms with Gasteiger partial charge < -0.3 is 19.3 Å². The molecular weight excluding hydrogens is 246 g/mol. The predicted molar refractivity (Wildman–Crippen MR) is 67.1 cm³/mol. The summed E-state index contributed by atoms with van der Waals surface area (Å²) in [5.41, 5.74) is 1.69. The van der Waals surface area contributed by atoms with Crippen LogP contribution in [0.3, 0.4) is 0 Å². The molecule has 19 heavy (non-hydrogen) atoms. The zero-order valence-corrected chi connectivity index (χ0v) is 10.2. The molecule has 1 aromatic heterocycles. The maximum Gasteiger partial charge on any atom is 0.231 e. The summed E-state index contributed by atoms with van der Waals surface area (Å²) in [5, 5.41) is 9.36. The summed E-state index contributed by atoms with van der Waals surface area (Å²) in [6.45, 7) is 0.505. The highest BCUT2D eigenvalue weighted by Gasteiger charge is 2.17. The van der Waals surface area contributed by atoms with Crippen LogP contribution in [0.1, 0.15) is 11.1 Å². The number of fused-ring (bicyclic) bond motifs is 1. The van der Waals surface area contributed by atoms with Gasteiger partial charge in [-0.05, 0) is 23.8 Å². The summed E-state index contributed by atoms with van der Waals surface area (Å²) in [6.07, 6.45) is 3.43. The molecule has 0 radical (unpaired) electrons. The first kappa shape index (κ1) is 11.8. The van der Waals surface area contributed by atoms with Crippen molar-refractivity contribution in [2.75, 3.05) is 6.79 Å². The molecule has 2 aromatic rings. The van der Waals surface area contributed by atoms with Gasteiger partial charge in [0.25, 0.3) is 0 Å². The van der Waals surface area contributed by atoms with Crippen molar-refractivity contribution >= 4 is 0 Å². The van der Waals surface area contributed by atoms with E-state index in [0.29, 0.717) is 29.4 Å². The zero-order chi connectivity index (χ0) is 13.1. The second kappa shape index (κ2) is 5.16. The van der Waals surface area contributed by atoms with Gasteiger partial charge in [0.15, 0.2) is 11.5 Å². The van der Waals surface area contributed by atoms with Crippen LogP contribution in [0.4, 0.5) is 0 Å². The van der Waals surface area contributed by atoms with E-state index < -0.39 is 0 Å². The van der Waals surface area contributed by atoms with Crippen molar-refractivity contribution < 1.29 is 19.3 Å². The number of ether oxygens (including phenoxy) is 3. The highest BCUT2D eigenvalue weighted by molar-refractivity contribution is 5.51. The molecule has 0 saturated carbocycles. The van der Waals surface area contributed by atoms with Gasteiger partial charge in [0.1, 0.15) is 12.4 Å². The minimum atomic E-state index is -0.109. The average molecular weight is 259 g/mol. The van der Waals surface area contributed by atoms with Crippen LogP contribution >= 0.6 is 0 Å². The second-order valence-electron chi connectivity index (χ2n) is 4.12. The summed E-state index contributed by atoms with van der Waals surface area (Å²) in [6, 6.07) is 7.25. The van der Waals surface area contributed by atoms with Gasteiger partial charge in [0, 0.05) is 24.0 Å².